The Bertz CT molecular complexity index is 2030. The van der Waals surface area contributed by atoms with Crippen molar-refractivity contribution in [1.29, 1.82) is 0 Å². The van der Waals surface area contributed by atoms with Gasteiger partial charge in [-0.3, -0.25) is 14.3 Å². The lowest BCUT2D eigenvalue weighted by atomic mass is 9.98. The number of fused-ring (bicyclic) bond motifs is 1. The SMILES string of the molecule is COc1ccc(Cn2nc(NC(=O)c3ccc(N4CCN(C)CC4)cc3)cc2-c2ccc(C(=O)N3CCc4cc(OC)c(OC)cc4C3)cc2)cc1. The zero-order valence-electron chi connectivity index (χ0n) is 30.1. The van der Waals surface area contributed by atoms with Crippen LogP contribution < -0.4 is 24.4 Å². The van der Waals surface area contributed by atoms with Crippen LogP contribution >= 0.6 is 0 Å². The van der Waals surface area contributed by atoms with Gasteiger partial charge in [0.25, 0.3) is 11.8 Å². The lowest BCUT2D eigenvalue weighted by Gasteiger charge is -2.34. The Morgan fingerprint density at radius 1 is 0.731 bits per heavy atom. The molecule has 0 atom stereocenters. The smallest absolute Gasteiger partial charge is 0.256 e. The normalized spacial score (nSPS) is 14.5. The molecular formula is C41H44N6O5. The molecule has 2 amide bonds. The molecule has 2 aliphatic heterocycles. The number of rotatable bonds is 10. The predicted octanol–water partition coefficient (Wildman–Crippen LogP) is 5.83. The van der Waals surface area contributed by atoms with Crippen LogP contribution in [0.4, 0.5) is 11.5 Å². The van der Waals surface area contributed by atoms with E-state index < -0.39 is 0 Å². The number of methoxy groups -OCH3 is 3. The van der Waals surface area contributed by atoms with Crippen LogP contribution in [0.1, 0.15) is 37.4 Å². The highest BCUT2D eigenvalue weighted by Gasteiger charge is 2.24. The third-order valence-electron chi connectivity index (χ3n) is 9.94. The first-order chi connectivity index (χ1) is 25.3. The predicted molar refractivity (Wildman–Crippen MR) is 202 cm³/mol. The lowest BCUT2D eigenvalue weighted by molar-refractivity contribution is 0.0734. The molecule has 11 nitrogen and oxygen atoms in total. The Kier molecular flexibility index (Phi) is 10.1. The molecule has 268 valence electrons. The maximum atomic E-state index is 13.7. The molecule has 0 aliphatic carbocycles. The topological polar surface area (TPSA) is 101 Å². The Labute approximate surface area is 304 Å². The molecule has 52 heavy (non-hydrogen) atoms. The summed E-state index contributed by atoms with van der Waals surface area (Å²) in [6.45, 7) is 5.53. The summed E-state index contributed by atoms with van der Waals surface area (Å²) in [5.41, 5.74) is 7.19. The number of piperazine rings is 1. The first-order valence-corrected chi connectivity index (χ1v) is 17.5. The summed E-state index contributed by atoms with van der Waals surface area (Å²) in [5, 5.41) is 7.82. The molecule has 0 bridgehead atoms. The van der Waals surface area contributed by atoms with Crippen molar-refractivity contribution in [3.8, 4) is 28.5 Å². The van der Waals surface area contributed by atoms with Crippen molar-refractivity contribution in [3.05, 3.63) is 119 Å². The zero-order valence-corrected chi connectivity index (χ0v) is 30.1. The van der Waals surface area contributed by atoms with Crippen LogP contribution in [0.5, 0.6) is 17.2 Å². The Morgan fingerprint density at radius 3 is 2.04 bits per heavy atom. The van der Waals surface area contributed by atoms with Gasteiger partial charge in [0.2, 0.25) is 0 Å². The number of aromatic nitrogens is 2. The van der Waals surface area contributed by atoms with Crippen molar-refractivity contribution in [2.24, 2.45) is 0 Å². The molecule has 0 saturated carbocycles. The van der Waals surface area contributed by atoms with Crippen LogP contribution in [0.2, 0.25) is 0 Å². The molecule has 4 aromatic carbocycles. The van der Waals surface area contributed by atoms with E-state index in [1.54, 1.807) is 21.3 Å². The number of nitrogens with one attached hydrogen (secondary N) is 1. The fraction of sp³-hybridized carbons (Fsp3) is 0.293. The molecule has 1 aromatic heterocycles. The van der Waals surface area contributed by atoms with E-state index in [4.69, 9.17) is 19.3 Å². The van der Waals surface area contributed by atoms with Gasteiger partial charge in [-0.25, -0.2) is 0 Å². The van der Waals surface area contributed by atoms with Gasteiger partial charge in [0.15, 0.2) is 17.3 Å². The van der Waals surface area contributed by atoms with E-state index in [1.807, 2.05) is 101 Å². The highest BCUT2D eigenvalue weighted by atomic mass is 16.5. The van der Waals surface area contributed by atoms with Crippen molar-refractivity contribution in [2.45, 2.75) is 19.5 Å². The maximum Gasteiger partial charge on any atom is 0.256 e. The van der Waals surface area contributed by atoms with Crippen LogP contribution in [-0.4, -0.2) is 92.5 Å². The molecule has 1 N–H and O–H groups in total. The first kappa shape index (κ1) is 34.6. The second-order valence-electron chi connectivity index (χ2n) is 13.2. The molecule has 1 fully saturated rings. The number of carbonyl (C=O) groups excluding carboxylic acids is 2. The van der Waals surface area contributed by atoms with Crippen LogP contribution in [0.25, 0.3) is 11.3 Å². The van der Waals surface area contributed by atoms with Gasteiger partial charge in [0.1, 0.15) is 5.75 Å². The molecule has 5 aromatic rings. The van der Waals surface area contributed by atoms with Crippen molar-refractivity contribution >= 4 is 23.3 Å². The standard InChI is InChI=1S/C41H44N6O5/c1-44-19-21-45(22-20-44)34-13-11-30(12-14-34)40(48)42-39-25-36(47(43-39)26-28-5-15-35(50-2)16-6-28)29-7-9-31(10-8-29)41(49)46-18-17-32-23-37(51-3)38(52-4)24-33(32)27-46/h5-16,23-25H,17-22,26-27H2,1-4H3,(H,42,43,48). The van der Waals surface area contributed by atoms with E-state index in [9.17, 15) is 9.59 Å². The van der Waals surface area contributed by atoms with E-state index in [-0.39, 0.29) is 11.8 Å². The van der Waals surface area contributed by atoms with Crippen LogP contribution in [0.15, 0.2) is 91.0 Å². The highest BCUT2D eigenvalue weighted by molar-refractivity contribution is 6.04. The zero-order chi connectivity index (χ0) is 36.2. The highest BCUT2D eigenvalue weighted by Crippen LogP contribution is 2.34. The summed E-state index contributed by atoms with van der Waals surface area (Å²) < 4.78 is 18.2. The number of benzene rings is 4. The first-order valence-electron chi connectivity index (χ1n) is 17.5. The van der Waals surface area contributed by atoms with E-state index in [1.165, 1.54) is 0 Å². The van der Waals surface area contributed by atoms with Crippen molar-refractivity contribution in [1.82, 2.24) is 19.6 Å². The Hall–Kier alpha value is -5.81. The van der Waals surface area contributed by atoms with E-state index >= 15 is 0 Å². The molecule has 7 rings (SSSR count). The van der Waals surface area contributed by atoms with Crippen molar-refractivity contribution < 1.29 is 23.8 Å². The van der Waals surface area contributed by atoms with Gasteiger partial charge in [-0.05, 0) is 96.4 Å². The van der Waals surface area contributed by atoms with Gasteiger partial charge in [0, 0.05) is 62.1 Å². The average Bonchev–Trinajstić information content (AvgIpc) is 3.58. The fourth-order valence-corrected chi connectivity index (χ4v) is 6.83. The monoisotopic (exact) mass is 700 g/mol. The molecule has 0 spiro atoms. The Morgan fingerprint density at radius 2 is 1.38 bits per heavy atom. The molecule has 2 aliphatic rings. The van der Waals surface area contributed by atoms with Crippen LogP contribution in [-0.2, 0) is 19.5 Å². The third-order valence-corrected chi connectivity index (χ3v) is 9.94. The number of anilines is 2. The molecule has 1 saturated heterocycles. The van der Waals surface area contributed by atoms with E-state index in [0.717, 1.165) is 72.0 Å². The largest absolute Gasteiger partial charge is 0.497 e. The van der Waals surface area contributed by atoms with Gasteiger partial charge in [-0.15, -0.1) is 0 Å². The summed E-state index contributed by atoms with van der Waals surface area (Å²) in [6.07, 6.45) is 0.735. The molecule has 3 heterocycles. The van der Waals surface area contributed by atoms with Crippen molar-refractivity contribution in [3.63, 3.8) is 0 Å². The maximum absolute atomic E-state index is 13.7. The number of ether oxygens (including phenoxy) is 3. The second-order valence-corrected chi connectivity index (χ2v) is 13.2. The molecular weight excluding hydrogens is 656 g/mol. The van der Waals surface area contributed by atoms with Crippen LogP contribution in [0.3, 0.4) is 0 Å². The summed E-state index contributed by atoms with van der Waals surface area (Å²) in [7, 11) is 7.02. The summed E-state index contributed by atoms with van der Waals surface area (Å²) in [6, 6.07) is 29.0. The van der Waals surface area contributed by atoms with E-state index in [0.29, 0.717) is 48.1 Å². The lowest BCUT2D eigenvalue weighted by Crippen LogP contribution is -2.44. The molecule has 0 unspecified atom stereocenters. The van der Waals surface area contributed by atoms with Gasteiger partial charge in [0.05, 0.1) is 33.6 Å². The molecule has 0 radical (unpaired) electrons. The quantitative estimate of drug-likeness (QED) is 0.195. The van der Waals surface area contributed by atoms with E-state index in [2.05, 4.69) is 22.2 Å². The second kappa shape index (κ2) is 15.2. The number of hydrogen-bond donors (Lipinski definition) is 1. The average molecular weight is 701 g/mol. The van der Waals surface area contributed by atoms with Gasteiger partial charge in [-0.1, -0.05) is 24.3 Å². The van der Waals surface area contributed by atoms with Gasteiger partial charge in [-0.2, -0.15) is 5.10 Å². The number of hydrogen-bond acceptors (Lipinski definition) is 8. The molecule has 11 heteroatoms. The summed E-state index contributed by atoms with van der Waals surface area (Å²) >= 11 is 0. The minimum Gasteiger partial charge on any atom is -0.497 e. The summed E-state index contributed by atoms with van der Waals surface area (Å²) in [4.78, 5) is 33.6. The van der Waals surface area contributed by atoms with Gasteiger partial charge < -0.3 is 34.2 Å². The number of amides is 2. The number of likely N-dealkylation sites (N-methyl/N-ethyl adjacent to an activating group) is 1. The van der Waals surface area contributed by atoms with Gasteiger partial charge >= 0.3 is 0 Å². The van der Waals surface area contributed by atoms with Crippen LogP contribution in [0, 0.1) is 0 Å². The number of nitrogens with zero attached hydrogens (tertiary/aromatic N) is 5. The Balaban J connectivity index is 1.09. The fourth-order valence-electron chi connectivity index (χ4n) is 6.83. The van der Waals surface area contributed by atoms with Crippen molar-refractivity contribution in [2.75, 3.05) is 71.3 Å². The summed E-state index contributed by atoms with van der Waals surface area (Å²) in [5.74, 6) is 2.29. The number of carbonyl (C=O) groups is 2. The third kappa shape index (κ3) is 7.45. The minimum atomic E-state index is -0.231. The minimum absolute atomic E-state index is 0.0367.